The molecule has 78 valence electrons. The molecule has 0 aliphatic rings. The fraction of sp³-hybridized carbons (Fsp3) is 0.400. The number of nitrogens with two attached hydrogens (primary N) is 1. The molecule has 1 aromatic rings. The molecule has 3 N–H and O–H groups in total. The number of aliphatic carboxylic acids is 1. The molecular formula is C10H16N2O2. The molecule has 0 aromatic carbocycles. The van der Waals surface area contributed by atoms with E-state index in [0.717, 1.165) is 12.1 Å². The predicted molar refractivity (Wildman–Crippen MR) is 54.9 cm³/mol. The highest BCUT2D eigenvalue weighted by Crippen LogP contribution is 1.91. The molecule has 1 rings (SSSR count). The second-order valence-electron chi connectivity index (χ2n) is 2.61. The number of nitrogens with zero attached hydrogens (tertiary/aromatic N) is 1. The second kappa shape index (κ2) is 8.19. The summed E-state index contributed by atoms with van der Waals surface area (Å²) in [5, 5.41) is 7.72. The van der Waals surface area contributed by atoms with Crippen molar-refractivity contribution in [3.8, 4) is 0 Å². The topological polar surface area (TPSA) is 76.2 Å². The van der Waals surface area contributed by atoms with Gasteiger partial charge in [0, 0.05) is 24.7 Å². The van der Waals surface area contributed by atoms with E-state index in [2.05, 4.69) is 4.98 Å². The first kappa shape index (κ1) is 12.6. The van der Waals surface area contributed by atoms with E-state index in [1.165, 1.54) is 0 Å². The van der Waals surface area contributed by atoms with Gasteiger partial charge in [-0.3, -0.25) is 9.78 Å². The maximum atomic E-state index is 9.37. The number of aromatic nitrogens is 1. The third-order valence-electron chi connectivity index (χ3n) is 1.43. The van der Waals surface area contributed by atoms with Gasteiger partial charge in [0.25, 0.3) is 0 Å². The third-order valence-corrected chi connectivity index (χ3v) is 1.43. The summed E-state index contributed by atoms with van der Waals surface area (Å²) >= 11 is 0. The zero-order valence-electron chi connectivity index (χ0n) is 8.31. The largest absolute Gasteiger partial charge is 0.481 e. The van der Waals surface area contributed by atoms with Crippen molar-refractivity contribution < 1.29 is 9.90 Å². The second-order valence-corrected chi connectivity index (χ2v) is 2.61. The predicted octanol–water partition coefficient (Wildman–Crippen LogP) is 1.06. The molecule has 14 heavy (non-hydrogen) atoms. The van der Waals surface area contributed by atoms with Crippen molar-refractivity contribution in [2.45, 2.75) is 19.8 Å². The molecule has 0 aliphatic carbocycles. The Morgan fingerprint density at radius 1 is 1.57 bits per heavy atom. The number of carboxylic acid groups (broad SMARTS) is 1. The normalized spacial score (nSPS) is 8.71. The molecule has 0 bridgehead atoms. The molecule has 0 saturated heterocycles. The van der Waals surface area contributed by atoms with Gasteiger partial charge in [-0.15, -0.1) is 0 Å². The van der Waals surface area contributed by atoms with Crippen molar-refractivity contribution in [3.63, 3.8) is 0 Å². The molecule has 0 atom stereocenters. The van der Waals surface area contributed by atoms with E-state index in [1.807, 2.05) is 18.2 Å². The van der Waals surface area contributed by atoms with Crippen LogP contribution in [-0.4, -0.2) is 22.6 Å². The van der Waals surface area contributed by atoms with Gasteiger partial charge in [0.2, 0.25) is 0 Å². The standard InChI is InChI=1S/C7H10N2.C3H6O2/c8-5-4-7-3-1-2-6-9-7;1-2-3(4)5/h1-3,6H,4-5,8H2;2H2,1H3,(H,4,5). The molecule has 1 aromatic heterocycles. The maximum Gasteiger partial charge on any atom is 0.303 e. The van der Waals surface area contributed by atoms with Gasteiger partial charge in [0.15, 0.2) is 0 Å². The van der Waals surface area contributed by atoms with Crippen LogP contribution in [0.4, 0.5) is 0 Å². The van der Waals surface area contributed by atoms with Crippen molar-refractivity contribution in [3.05, 3.63) is 30.1 Å². The summed E-state index contributed by atoms with van der Waals surface area (Å²) in [7, 11) is 0. The minimum atomic E-state index is -0.745. The zero-order chi connectivity index (χ0) is 10.8. The highest BCUT2D eigenvalue weighted by molar-refractivity contribution is 5.66. The number of hydrogen-bond acceptors (Lipinski definition) is 3. The zero-order valence-corrected chi connectivity index (χ0v) is 8.31. The van der Waals surface area contributed by atoms with Crippen LogP contribution in [0.1, 0.15) is 19.0 Å². The lowest BCUT2D eigenvalue weighted by Crippen LogP contribution is -2.03. The Morgan fingerprint density at radius 3 is 2.57 bits per heavy atom. The van der Waals surface area contributed by atoms with Crippen LogP contribution in [0.25, 0.3) is 0 Å². The fourth-order valence-electron chi connectivity index (χ4n) is 0.694. The lowest BCUT2D eigenvalue weighted by Gasteiger charge is -1.92. The minimum Gasteiger partial charge on any atom is -0.481 e. The first-order valence-corrected chi connectivity index (χ1v) is 4.52. The summed E-state index contributed by atoms with van der Waals surface area (Å²) in [4.78, 5) is 13.5. The minimum absolute atomic E-state index is 0.222. The van der Waals surface area contributed by atoms with E-state index < -0.39 is 5.97 Å². The van der Waals surface area contributed by atoms with E-state index in [9.17, 15) is 4.79 Å². The van der Waals surface area contributed by atoms with E-state index >= 15 is 0 Å². The first-order chi connectivity index (χ1) is 6.70. The molecule has 0 radical (unpaired) electrons. The quantitative estimate of drug-likeness (QED) is 0.758. The van der Waals surface area contributed by atoms with Gasteiger partial charge in [0.05, 0.1) is 0 Å². The van der Waals surface area contributed by atoms with Gasteiger partial charge < -0.3 is 10.8 Å². The van der Waals surface area contributed by atoms with Crippen LogP contribution >= 0.6 is 0 Å². The van der Waals surface area contributed by atoms with Crippen molar-refractivity contribution in [2.24, 2.45) is 5.73 Å². The van der Waals surface area contributed by atoms with Crippen LogP contribution < -0.4 is 5.73 Å². The molecule has 0 spiro atoms. The SMILES string of the molecule is CCC(=O)O.NCCc1ccccn1. The Kier molecular flexibility index (Phi) is 7.36. The summed E-state index contributed by atoms with van der Waals surface area (Å²) in [5.74, 6) is -0.745. The molecule has 0 fully saturated rings. The number of rotatable bonds is 3. The Bertz CT molecular complexity index is 250. The van der Waals surface area contributed by atoms with Crippen LogP contribution in [0.2, 0.25) is 0 Å². The van der Waals surface area contributed by atoms with E-state index in [0.29, 0.717) is 6.54 Å². The van der Waals surface area contributed by atoms with Crippen LogP contribution in [0.3, 0.4) is 0 Å². The van der Waals surface area contributed by atoms with Crippen molar-refractivity contribution in [1.29, 1.82) is 0 Å². The van der Waals surface area contributed by atoms with Crippen molar-refractivity contribution in [1.82, 2.24) is 4.98 Å². The molecule has 0 saturated carbocycles. The van der Waals surface area contributed by atoms with Gasteiger partial charge in [0.1, 0.15) is 0 Å². The Morgan fingerprint density at radius 2 is 2.21 bits per heavy atom. The number of carboxylic acids is 1. The Balaban J connectivity index is 0.000000292. The van der Waals surface area contributed by atoms with Gasteiger partial charge in [-0.1, -0.05) is 13.0 Å². The number of hydrogen-bond donors (Lipinski definition) is 2. The summed E-state index contributed by atoms with van der Waals surface area (Å²) in [5.41, 5.74) is 6.39. The molecule has 1 heterocycles. The van der Waals surface area contributed by atoms with Crippen molar-refractivity contribution in [2.75, 3.05) is 6.54 Å². The Hall–Kier alpha value is -1.42. The van der Waals surface area contributed by atoms with Gasteiger partial charge in [-0.2, -0.15) is 0 Å². The molecule has 0 aliphatic heterocycles. The van der Waals surface area contributed by atoms with Crippen LogP contribution in [0.5, 0.6) is 0 Å². The summed E-state index contributed by atoms with van der Waals surface area (Å²) in [6.07, 6.45) is 2.88. The number of carbonyl (C=O) groups is 1. The van der Waals surface area contributed by atoms with Gasteiger partial charge >= 0.3 is 5.97 Å². The highest BCUT2D eigenvalue weighted by Gasteiger charge is 1.86. The fourth-order valence-corrected chi connectivity index (χ4v) is 0.694. The smallest absolute Gasteiger partial charge is 0.303 e. The van der Waals surface area contributed by atoms with E-state index in [1.54, 1.807) is 13.1 Å². The lowest BCUT2D eigenvalue weighted by atomic mass is 10.3. The van der Waals surface area contributed by atoms with Crippen LogP contribution in [0, 0.1) is 0 Å². The van der Waals surface area contributed by atoms with E-state index in [-0.39, 0.29) is 6.42 Å². The summed E-state index contributed by atoms with van der Waals surface area (Å²) < 4.78 is 0. The van der Waals surface area contributed by atoms with Gasteiger partial charge in [-0.05, 0) is 18.7 Å². The van der Waals surface area contributed by atoms with E-state index in [4.69, 9.17) is 10.8 Å². The average Bonchev–Trinajstić information content (AvgIpc) is 2.21. The molecular weight excluding hydrogens is 180 g/mol. The maximum absolute atomic E-state index is 9.37. The highest BCUT2D eigenvalue weighted by atomic mass is 16.4. The molecule has 4 nitrogen and oxygen atoms in total. The monoisotopic (exact) mass is 196 g/mol. The molecule has 4 heteroatoms. The van der Waals surface area contributed by atoms with Crippen LogP contribution in [-0.2, 0) is 11.2 Å². The van der Waals surface area contributed by atoms with Crippen LogP contribution in [0.15, 0.2) is 24.4 Å². The summed E-state index contributed by atoms with van der Waals surface area (Å²) in [6.45, 7) is 2.28. The molecule has 0 amide bonds. The average molecular weight is 196 g/mol. The number of pyridine rings is 1. The van der Waals surface area contributed by atoms with Crippen molar-refractivity contribution >= 4 is 5.97 Å². The first-order valence-electron chi connectivity index (χ1n) is 4.52. The van der Waals surface area contributed by atoms with Gasteiger partial charge in [-0.25, -0.2) is 0 Å². The summed E-state index contributed by atoms with van der Waals surface area (Å²) in [6, 6.07) is 5.85. The third kappa shape index (κ3) is 7.24. The lowest BCUT2D eigenvalue weighted by molar-refractivity contribution is -0.136. The Labute approximate surface area is 83.8 Å². The molecule has 0 unspecified atom stereocenters.